The lowest BCUT2D eigenvalue weighted by Crippen LogP contribution is -2.42. The Morgan fingerprint density at radius 1 is 1.12 bits per heavy atom. The lowest BCUT2D eigenvalue weighted by Gasteiger charge is -2.18. The number of halogens is 1. The van der Waals surface area contributed by atoms with Crippen molar-refractivity contribution in [3.63, 3.8) is 0 Å². The molecule has 1 atom stereocenters. The smallest absolute Gasteiger partial charge is 0.251 e. The Balaban J connectivity index is 1.75. The van der Waals surface area contributed by atoms with Crippen molar-refractivity contribution in [2.45, 2.75) is 59.6 Å². The zero-order valence-corrected chi connectivity index (χ0v) is 20.3. The number of hydrogen-bond donors (Lipinski definition) is 1. The molecule has 2 aromatic carbocycles. The van der Waals surface area contributed by atoms with Crippen LogP contribution in [0.4, 0.5) is 0 Å². The van der Waals surface area contributed by atoms with Crippen molar-refractivity contribution < 1.29 is 18.8 Å². The van der Waals surface area contributed by atoms with Gasteiger partial charge in [-0.1, -0.05) is 47.9 Å². The van der Waals surface area contributed by atoms with Crippen molar-refractivity contribution in [3.05, 3.63) is 70.1 Å². The summed E-state index contributed by atoms with van der Waals surface area (Å²) in [4.78, 5) is 25.4. The van der Waals surface area contributed by atoms with E-state index in [2.05, 4.69) is 10.5 Å². The highest BCUT2D eigenvalue weighted by Gasteiger charge is 2.21. The molecule has 0 spiro atoms. The lowest BCUT2D eigenvalue weighted by molar-refractivity contribution is -0.120. The maximum atomic E-state index is 12.9. The Morgan fingerprint density at radius 2 is 1.82 bits per heavy atom. The minimum atomic E-state index is -0.641. The Morgan fingerprint density at radius 3 is 2.36 bits per heavy atom. The van der Waals surface area contributed by atoms with Crippen molar-refractivity contribution >= 4 is 23.3 Å². The monoisotopic (exact) mass is 468 g/mol. The Bertz CT molecular complexity index is 1120. The van der Waals surface area contributed by atoms with Crippen LogP contribution in [0.25, 0.3) is 11.1 Å². The number of ketones is 1. The number of aromatic nitrogens is 1. The Labute approximate surface area is 199 Å². The summed E-state index contributed by atoms with van der Waals surface area (Å²) < 4.78 is 10.9. The Kier molecular flexibility index (Phi) is 7.92. The molecule has 3 rings (SSSR count). The highest BCUT2D eigenvalue weighted by Crippen LogP contribution is 2.28. The predicted octanol–water partition coefficient (Wildman–Crippen LogP) is 5.72. The maximum absolute atomic E-state index is 12.9. The third-order valence-electron chi connectivity index (χ3n) is 5.31. The normalized spacial score (nSPS) is 12.0. The fourth-order valence-corrected chi connectivity index (χ4v) is 3.89. The summed E-state index contributed by atoms with van der Waals surface area (Å²) in [5.41, 5.74) is 4.11. The molecule has 0 bridgehead atoms. The average molecular weight is 469 g/mol. The van der Waals surface area contributed by atoms with Gasteiger partial charge in [0.25, 0.3) is 5.91 Å². The van der Waals surface area contributed by atoms with Gasteiger partial charge in [0.05, 0.1) is 22.9 Å². The molecule has 0 radical (unpaired) electrons. The van der Waals surface area contributed by atoms with E-state index in [4.69, 9.17) is 20.9 Å². The molecule has 0 saturated heterocycles. The van der Waals surface area contributed by atoms with Crippen molar-refractivity contribution in [2.24, 2.45) is 0 Å². The van der Waals surface area contributed by atoms with Crippen molar-refractivity contribution in [1.82, 2.24) is 10.5 Å². The number of ether oxygens (including phenoxy) is 1. The molecule has 1 amide bonds. The van der Waals surface area contributed by atoms with Gasteiger partial charge in [0.2, 0.25) is 0 Å². The highest BCUT2D eigenvalue weighted by atomic mass is 35.5. The molecule has 1 N–H and O–H groups in total. The zero-order valence-electron chi connectivity index (χ0n) is 19.6. The lowest BCUT2D eigenvalue weighted by atomic mass is 9.97. The van der Waals surface area contributed by atoms with E-state index in [0.29, 0.717) is 29.2 Å². The molecule has 3 aromatic rings. The van der Waals surface area contributed by atoms with Gasteiger partial charge in [-0.2, -0.15) is 0 Å². The zero-order chi connectivity index (χ0) is 24.1. The largest absolute Gasteiger partial charge is 0.489 e. The van der Waals surface area contributed by atoms with Gasteiger partial charge in [-0.3, -0.25) is 9.59 Å². The summed E-state index contributed by atoms with van der Waals surface area (Å²) in [6, 6.07) is 12.1. The number of nitrogens with zero attached hydrogens (tertiary/aromatic N) is 1. The number of aryl methyl sites for hydroxylation is 2. The molecule has 0 fully saturated rings. The summed E-state index contributed by atoms with van der Waals surface area (Å²) in [7, 11) is 0. The maximum Gasteiger partial charge on any atom is 0.251 e. The first-order valence-corrected chi connectivity index (χ1v) is 11.4. The van der Waals surface area contributed by atoms with Gasteiger partial charge >= 0.3 is 0 Å². The number of rotatable bonds is 9. The number of hydrogen-bond acceptors (Lipinski definition) is 5. The molecular weight excluding hydrogens is 440 g/mol. The molecule has 0 aliphatic rings. The quantitative estimate of drug-likeness (QED) is 0.434. The van der Waals surface area contributed by atoms with E-state index < -0.39 is 6.04 Å². The standard InChI is InChI=1S/C26H29ClN2O4/c1-6-23(30)22(28-26(31)20-11-12-24(21(27)14-20)32-15(2)3)13-18-7-9-19(10-8-18)25-16(4)29-33-17(25)5/h7-12,14-15,22H,6,13H2,1-5H3,(H,28,31). The summed E-state index contributed by atoms with van der Waals surface area (Å²) >= 11 is 6.27. The summed E-state index contributed by atoms with van der Waals surface area (Å²) in [5.74, 6) is 0.883. The van der Waals surface area contributed by atoms with Crippen molar-refractivity contribution in [3.8, 4) is 16.9 Å². The van der Waals surface area contributed by atoms with Crippen LogP contribution in [0.2, 0.25) is 5.02 Å². The number of Topliss-reactive ketones (excluding diaryl/α,β-unsaturated/α-hetero) is 1. The fraction of sp³-hybridized carbons (Fsp3) is 0.346. The highest BCUT2D eigenvalue weighted by molar-refractivity contribution is 6.32. The second kappa shape index (κ2) is 10.7. The van der Waals surface area contributed by atoms with E-state index in [0.717, 1.165) is 28.1 Å². The molecule has 33 heavy (non-hydrogen) atoms. The minimum absolute atomic E-state index is 0.0299. The molecule has 0 aliphatic carbocycles. The first-order chi connectivity index (χ1) is 15.7. The number of carbonyl (C=O) groups is 2. The van der Waals surface area contributed by atoms with E-state index in [9.17, 15) is 9.59 Å². The first-order valence-electron chi connectivity index (χ1n) is 11.0. The van der Waals surface area contributed by atoms with Gasteiger partial charge in [-0.25, -0.2) is 0 Å². The van der Waals surface area contributed by atoms with Crippen LogP contribution in [0.5, 0.6) is 5.75 Å². The van der Waals surface area contributed by atoms with Gasteiger partial charge in [0.15, 0.2) is 5.78 Å². The van der Waals surface area contributed by atoms with E-state index in [1.165, 1.54) is 0 Å². The van der Waals surface area contributed by atoms with E-state index in [-0.39, 0.29) is 17.8 Å². The topological polar surface area (TPSA) is 81.4 Å². The molecule has 6 nitrogen and oxygen atoms in total. The minimum Gasteiger partial charge on any atom is -0.489 e. The van der Waals surface area contributed by atoms with E-state index >= 15 is 0 Å². The van der Waals surface area contributed by atoms with E-state index in [1.54, 1.807) is 25.1 Å². The summed E-state index contributed by atoms with van der Waals surface area (Å²) in [6.07, 6.45) is 0.685. The number of carbonyl (C=O) groups excluding carboxylic acids is 2. The van der Waals surface area contributed by atoms with Crippen LogP contribution in [-0.2, 0) is 11.2 Å². The predicted molar refractivity (Wildman–Crippen MR) is 129 cm³/mol. The van der Waals surface area contributed by atoms with Crippen LogP contribution in [0, 0.1) is 13.8 Å². The molecule has 1 aromatic heterocycles. The molecule has 174 valence electrons. The van der Waals surface area contributed by atoms with Crippen LogP contribution in [-0.4, -0.2) is 29.0 Å². The van der Waals surface area contributed by atoms with Crippen LogP contribution >= 0.6 is 11.6 Å². The fourth-order valence-electron chi connectivity index (χ4n) is 3.66. The molecule has 0 aliphatic heterocycles. The molecule has 0 saturated carbocycles. The van der Waals surface area contributed by atoms with Crippen molar-refractivity contribution in [2.75, 3.05) is 0 Å². The first kappa shape index (κ1) is 24.5. The van der Waals surface area contributed by atoms with Crippen molar-refractivity contribution in [1.29, 1.82) is 0 Å². The van der Waals surface area contributed by atoms with Crippen LogP contribution in [0.1, 0.15) is 54.6 Å². The molecule has 1 heterocycles. The third-order valence-corrected chi connectivity index (χ3v) is 5.61. The number of benzene rings is 2. The number of amides is 1. The number of nitrogens with one attached hydrogen (secondary N) is 1. The van der Waals surface area contributed by atoms with Gasteiger partial charge in [0, 0.05) is 17.5 Å². The summed E-state index contributed by atoms with van der Waals surface area (Å²) in [5, 5.41) is 7.22. The Hall–Kier alpha value is -3.12. The van der Waals surface area contributed by atoms with Gasteiger partial charge < -0.3 is 14.6 Å². The van der Waals surface area contributed by atoms with E-state index in [1.807, 2.05) is 52.0 Å². The molecule has 1 unspecified atom stereocenters. The second-order valence-corrected chi connectivity index (χ2v) is 8.67. The third kappa shape index (κ3) is 6.02. The van der Waals surface area contributed by atoms with Crippen LogP contribution in [0.15, 0.2) is 47.0 Å². The van der Waals surface area contributed by atoms with Gasteiger partial charge in [0.1, 0.15) is 11.5 Å². The summed E-state index contributed by atoms with van der Waals surface area (Å²) in [6.45, 7) is 9.37. The van der Waals surface area contributed by atoms with Gasteiger partial charge in [-0.15, -0.1) is 0 Å². The SMILES string of the molecule is CCC(=O)C(Cc1ccc(-c2c(C)noc2C)cc1)NC(=O)c1ccc(OC(C)C)c(Cl)c1. The molecular formula is C26H29ClN2O4. The second-order valence-electron chi connectivity index (χ2n) is 8.26. The van der Waals surface area contributed by atoms with Gasteiger partial charge in [-0.05, 0) is 63.4 Å². The van der Waals surface area contributed by atoms with Crippen LogP contribution in [0.3, 0.4) is 0 Å². The average Bonchev–Trinajstić information content (AvgIpc) is 3.12. The molecule has 7 heteroatoms. The van der Waals surface area contributed by atoms with Crippen LogP contribution < -0.4 is 10.1 Å².